The van der Waals surface area contributed by atoms with E-state index < -0.39 is 12.7 Å². The average molecular weight is 276 g/mol. The molecule has 0 saturated carbocycles. The molecule has 1 aromatic rings. The van der Waals surface area contributed by atoms with Gasteiger partial charge in [-0.25, -0.2) is 0 Å². The summed E-state index contributed by atoms with van der Waals surface area (Å²) in [4.78, 5) is 1.19. The largest absolute Gasteiger partial charge is 0.508 e. The highest BCUT2D eigenvalue weighted by Crippen LogP contribution is 2.30. The zero-order chi connectivity index (χ0) is 14.8. The Morgan fingerprint density at radius 1 is 1.26 bits per heavy atom. The normalized spacial score (nSPS) is 13.7. The van der Waals surface area contributed by atoms with Crippen LogP contribution in [0.5, 0.6) is 5.75 Å². The van der Waals surface area contributed by atoms with Gasteiger partial charge in [0.25, 0.3) is 0 Å². The number of aromatic hydroxyl groups is 1. The summed E-state index contributed by atoms with van der Waals surface area (Å²) >= 11 is 0. The van der Waals surface area contributed by atoms with Crippen LogP contribution in [0.3, 0.4) is 0 Å². The Morgan fingerprint density at radius 3 is 2.21 bits per heavy atom. The molecule has 0 bridgehead atoms. The van der Waals surface area contributed by atoms with Crippen LogP contribution in [0.25, 0.3) is 0 Å². The van der Waals surface area contributed by atoms with E-state index in [9.17, 15) is 18.3 Å². The van der Waals surface area contributed by atoms with E-state index >= 15 is 0 Å². The van der Waals surface area contributed by atoms with E-state index in [0.717, 1.165) is 0 Å². The molecule has 0 amide bonds. The van der Waals surface area contributed by atoms with Crippen molar-refractivity contribution in [1.82, 2.24) is 0 Å². The second-order valence-electron chi connectivity index (χ2n) is 4.87. The zero-order valence-corrected chi connectivity index (χ0v) is 11.2. The molecule has 0 aromatic heterocycles. The molecule has 1 atom stereocenters. The van der Waals surface area contributed by atoms with Gasteiger partial charge in [0.05, 0.1) is 0 Å². The molecule has 0 saturated heterocycles. The quantitative estimate of drug-likeness (QED) is 0.888. The average Bonchev–Trinajstić information content (AvgIpc) is 2.23. The van der Waals surface area contributed by atoms with Gasteiger partial charge in [-0.2, -0.15) is 13.2 Å². The number of nitrogens with two attached hydrogens (primary N) is 1. The fourth-order valence-electron chi connectivity index (χ4n) is 1.86. The highest BCUT2D eigenvalue weighted by Gasteiger charge is 2.32. The molecule has 108 valence electrons. The van der Waals surface area contributed by atoms with Crippen LogP contribution >= 0.6 is 0 Å². The minimum absolute atomic E-state index is 0.0830. The second-order valence-corrected chi connectivity index (χ2v) is 4.87. The molecule has 0 radical (unpaired) electrons. The lowest BCUT2D eigenvalue weighted by molar-refractivity contribution is -0.120. The van der Waals surface area contributed by atoms with Crippen LogP contribution in [0.2, 0.25) is 0 Å². The molecular formula is C13H19F3N2O. The third-order valence-corrected chi connectivity index (χ3v) is 2.81. The number of benzene rings is 1. The van der Waals surface area contributed by atoms with Gasteiger partial charge >= 0.3 is 6.18 Å². The first-order chi connectivity index (χ1) is 8.61. The van der Waals surface area contributed by atoms with Crippen LogP contribution in [0.15, 0.2) is 18.2 Å². The fraction of sp³-hybridized carbons (Fsp3) is 0.538. The van der Waals surface area contributed by atoms with E-state index in [1.807, 2.05) is 0 Å². The third kappa shape index (κ3) is 4.31. The summed E-state index contributed by atoms with van der Waals surface area (Å²) in [7, 11) is 0. The Morgan fingerprint density at radius 2 is 1.84 bits per heavy atom. The number of phenolic OH excluding ortho intramolecular Hbond substituents is 1. The fourth-order valence-corrected chi connectivity index (χ4v) is 1.86. The van der Waals surface area contributed by atoms with Crippen molar-refractivity contribution in [2.45, 2.75) is 39.0 Å². The van der Waals surface area contributed by atoms with Crippen LogP contribution in [0, 0.1) is 0 Å². The molecule has 0 aliphatic heterocycles. The van der Waals surface area contributed by atoms with Crippen LogP contribution < -0.4 is 10.6 Å². The SMILES string of the molecule is CC(N)c1ccc(N(CC(F)(F)F)C(C)C)cc1O. The van der Waals surface area contributed by atoms with Gasteiger partial charge in [0.1, 0.15) is 12.3 Å². The lowest BCUT2D eigenvalue weighted by Gasteiger charge is -2.30. The van der Waals surface area contributed by atoms with E-state index in [4.69, 9.17) is 5.73 Å². The first-order valence-electron chi connectivity index (χ1n) is 6.03. The summed E-state index contributed by atoms with van der Waals surface area (Å²) in [6.07, 6.45) is -4.29. The van der Waals surface area contributed by atoms with Crippen LogP contribution in [-0.2, 0) is 0 Å². The molecular weight excluding hydrogens is 257 g/mol. The monoisotopic (exact) mass is 276 g/mol. The number of halogens is 3. The number of nitrogens with zero attached hydrogens (tertiary/aromatic N) is 1. The van der Waals surface area contributed by atoms with Crippen LogP contribution in [-0.4, -0.2) is 23.9 Å². The van der Waals surface area contributed by atoms with Crippen LogP contribution in [0.4, 0.5) is 18.9 Å². The van der Waals surface area contributed by atoms with Gasteiger partial charge < -0.3 is 15.7 Å². The molecule has 0 aliphatic carbocycles. The van der Waals surface area contributed by atoms with Gasteiger partial charge in [0.15, 0.2) is 0 Å². The number of hydrogen-bond acceptors (Lipinski definition) is 3. The van der Waals surface area contributed by atoms with Gasteiger partial charge in [0, 0.05) is 29.4 Å². The number of rotatable bonds is 4. The minimum Gasteiger partial charge on any atom is -0.508 e. The second kappa shape index (κ2) is 5.69. The Balaban J connectivity index is 3.08. The molecule has 0 heterocycles. The van der Waals surface area contributed by atoms with Crippen molar-refractivity contribution < 1.29 is 18.3 Å². The molecule has 3 nitrogen and oxygen atoms in total. The summed E-state index contributed by atoms with van der Waals surface area (Å²) in [6.45, 7) is 3.98. The van der Waals surface area contributed by atoms with Crippen molar-refractivity contribution in [3.63, 3.8) is 0 Å². The lowest BCUT2D eigenvalue weighted by atomic mass is 10.1. The molecule has 1 rings (SSSR count). The third-order valence-electron chi connectivity index (χ3n) is 2.81. The van der Waals surface area contributed by atoms with E-state index in [1.54, 1.807) is 32.9 Å². The maximum atomic E-state index is 12.5. The number of alkyl halides is 3. The Bertz CT molecular complexity index is 430. The molecule has 6 heteroatoms. The maximum absolute atomic E-state index is 12.5. The molecule has 1 unspecified atom stereocenters. The number of phenols is 1. The number of hydrogen-bond donors (Lipinski definition) is 2. The van der Waals surface area contributed by atoms with Crippen molar-refractivity contribution in [3.05, 3.63) is 23.8 Å². The minimum atomic E-state index is -4.29. The highest BCUT2D eigenvalue weighted by atomic mass is 19.4. The Kier molecular flexibility index (Phi) is 4.68. The van der Waals surface area contributed by atoms with Gasteiger partial charge in [0.2, 0.25) is 0 Å². The molecule has 1 aromatic carbocycles. The van der Waals surface area contributed by atoms with Gasteiger partial charge in [-0.1, -0.05) is 6.07 Å². The first kappa shape index (κ1) is 15.6. The summed E-state index contributed by atoms with van der Waals surface area (Å²) in [5.41, 5.74) is 6.49. The predicted molar refractivity (Wildman–Crippen MR) is 69.2 cm³/mol. The Labute approximate surface area is 110 Å². The van der Waals surface area contributed by atoms with Crippen molar-refractivity contribution in [3.8, 4) is 5.75 Å². The number of anilines is 1. The van der Waals surface area contributed by atoms with E-state index in [0.29, 0.717) is 11.3 Å². The predicted octanol–water partition coefficient (Wildman–Crippen LogP) is 3.19. The lowest BCUT2D eigenvalue weighted by Crippen LogP contribution is -2.39. The van der Waals surface area contributed by atoms with E-state index in [1.165, 1.54) is 11.0 Å². The smallest absolute Gasteiger partial charge is 0.405 e. The summed E-state index contributed by atoms with van der Waals surface area (Å²) in [6, 6.07) is 3.72. The summed E-state index contributed by atoms with van der Waals surface area (Å²) in [5, 5.41) is 9.80. The molecule has 3 N–H and O–H groups in total. The van der Waals surface area contributed by atoms with Gasteiger partial charge in [-0.15, -0.1) is 0 Å². The molecule has 0 fully saturated rings. The molecule has 0 spiro atoms. The van der Waals surface area contributed by atoms with Crippen LogP contribution in [0.1, 0.15) is 32.4 Å². The van der Waals surface area contributed by atoms with E-state index in [2.05, 4.69) is 0 Å². The molecule has 0 aliphatic rings. The van der Waals surface area contributed by atoms with Gasteiger partial charge in [-0.05, 0) is 26.8 Å². The molecule has 19 heavy (non-hydrogen) atoms. The van der Waals surface area contributed by atoms with E-state index in [-0.39, 0.29) is 17.8 Å². The van der Waals surface area contributed by atoms with Gasteiger partial charge in [-0.3, -0.25) is 0 Å². The zero-order valence-electron chi connectivity index (χ0n) is 11.2. The Hall–Kier alpha value is -1.43. The standard InChI is InChI=1S/C13H19F3N2O/c1-8(2)18(7-13(14,15)16)10-4-5-11(9(3)17)12(19)6-10/h4-6,8-9,19H,7,17H2,1-3H3. The first-order valence-corrected chi connectivity index (χ1v) is 6.03. The van der Waals surface area contributed by atoms with Crippen molar-refractivity contribution in [2.75, 3.05) is 11.4 Å². The van der Waals surface area contributed by atoms with Crippen molar-refractivity contribution in [1.29, 1.82) is 0 Å². The summed E-state index contributed by atoms with van der Waals surface area (Å²) in [5.74, 6) is -0.0830. The van der Waals surface area contributed by atoms with Crippen molar-refractivity contribution in [2.24, 2.45) is 5.73 Å². The van der Waals surface area contributed by atoms with Crippen molar-refractivity contribution >= 4 is 5.69 Å². The highest BCUT2D eigenvalue weighted by molar-refractivity contribution is 5.54. The summed E-state index contributed by atoms with van der Waals surface area (Å²) < 4.78 is 37.6. The maximum Gasteiger partial charge on any atom is 0.405 e. The topological polar surface area (TPSA) is 49.5 Å².